The summed E-state index contributed by atoms with van der Waals surface area (Å²) in [6.07, 6.45) is 29.1. The molecule has 8 nitrogen and oxygen atoms in total. The molecule has 0 spiro atoms. The second-order valence-electron chi connectivity index (χ2n) is 14.0. The quantitative estimate of drug-likeness (QED) is 0.0288. The highest BCUT2D eigenvalue weighted by molar-refractivity contribution is 7.45. The summed E-state index contributed by atoms with van der Waals surface area (Å²) >= 11 is 0. The summed E-state index contributed by atoms with van der Waals surface area (Å²) in [5, 5.41) is 0. The SMILES string of the molecule is CCCCCCCCCCCCCCCCCCOC[C@H](COP(=O)([O-])OCCCCCCCCCC[N+](C)(C)C)OC(C)=O. The first kappa shape index (κ1) is 44.5. The Morgan fingerprint density at radius 2 is 1.00 bits per heavy atom. The van der Waals surface area contributed by atoms with Gasteiger partial charge in [-0.05, 0) is 25.7 Å². The number of phosphoric ester groups is 1. The van der Waals surface area contributed by atoms with Crippen molar-refractivity contribution in [3.05, 3.63) is 0 Å². The number of phosphoric acid groups is 1. The Balaban J connectivity index is 3.73. The lowest BCUT2D eigenvalue weighted by Crippen LogP contribution is -2.35. The fourth-order valence-corrected chi connectivity index (χ4v) is 6.23. The first-order valence-electron chi connectivity index (χ1n) is 18.7. The molecule has 45 heavy (non-hydrogen) atoms. The lowest BCUT2D eigenvalue weighted by molar-refractivity contribution is -0.870. The minimum absolute atomic E-state index is 0.105. The van der Waals surface area contributed by atoms with Crippen LogP contribution in [0.15, 0.2) is 0 Å². The maximum Gasteiger partial charge on any atom is 0.303 e. The number of unbranched alkanes of at least 4 members (excludes halogenated alkanes) is 22. The van der Waals surface area contributed by atoms with Crippen molar-refractivity contribution in [2.24, 2.45) is 0 Å². The van der Waals surface area contributed by atoms with E-state index in [4.69, 9.17) is 18.5 Å². The third kappa shape index (κ3) is 36.2. The third-order valence-electron chi connectivity index (χ3n) is 8.17. The molecular weight excluding hydrogens is 589 g/mol. The zero-order valence-corrected chi connectivity index (χ0v) is 31.2. The highest BCUT2D eigenvalue weighted by atomic mass is 31.2. The van der Waals surface area contributed by atoms with Crippen molar-refractivity contribution in [1.29, 1.82) is 0 Å². The summed E-state index contributed by atoms with van der Waals surface area (Å²) < 4.78 is 34.1. The number of nitrogens with zero attached hydrogens (tertiary/aromatic N) is 1. The second kappa shape index (κ2) is 30.8. The summed E-state index contributed by atoms with van der Waals surface area (Å²) in [4.78, 5) is 23.6. The topological polar surface area (TPSA) is 94.1 Å². The maximum absolute atomic E-state index is 12.2. The molecule has 0 bridgehead atoms. The Kier molecular flexibility index (Phi) is 30.5. The number of quaternary nitrogens is 1. The number of rotatable bonds is 35. The molecule has 0 radical (unpaired) electrons. The molecule has 1 unspecified atom stereocenters. The highest BCUT2D eigenvalue weighted by Gasteiger charge is 2.18. The fourth-order valence-electron chi connectivity index (χ4n) is 5.45. The average molecular weight is 664 g/mol. The van der Waals surface area contributed by atoms with Crippen molar-refractivity contribution in [3.63, 3.8) is 0 Å². The molecule has 0 saturated carbocycles. The van der Waals surface area contributed by atoms with Gasteiger partial charge in [-0.25, -0.2) is 0 Å². The van der Waals surface area contributed by atoms with Crippen LogP contribution in [-0.2, 0) is 27.9 Å². The molecule has 0 aromatic heterocycles. The van der Waals surface area contributed by atoms with Crippen LogP contribution in [0.25, 0.3) is 0 Å². The molecular formula is C36H74NO7P. The molecule has 0 aliphatic carbocycles. The molecule has 9 heteroatoms. The van der Waals surface area contributed by atoms with Crippen molar-refractivity contribution < 1.29 is 37.3 Å². The number of hydrogen-bond acceptors (Lipinski definition) is 7. The Morgan fingerprint density at radius 1 is 0.600 bits per heavy atom. The van der Waals surface area contributed by atoms with Crippen LogP contribution in [0.1, 0.15) is 168 Å². The van der Waals surface area contributed by atoms with Crippen LogP contribution in [0.5, 0.6) is 0 Å². The normalized spacial score (nSPS) is 14.0. The minimum atomic E-state index is -4.45. The number of carbonyl (C=O) groups excluding carboxylic acids is 1. The van der Waals surface area contributed by atoms with E-state index in [1.165, 1.54) is 135 Å². The maximum atomic E-state index is 12.2. The van der Waals surface area contributed by atoms with Crippen molar-refractivity contribution in [1.82, 2.24) is 0 Å². The van der Waals surface area contributed by atoms with Gasteiger partial charge in [0.05, 0.1) is 47.5 Å². The summed E-state index contributed by atoms with van der Waals surface area (Å²) in [6, 6.07) is 0. The zero-order chi connectivity index (χ0) is 33.5. The van der Waals surface area contributed by atoms with E-state index in [9.17, 15) is 14.3 Å². The van der Waals surface area contributed by atoms with Crippen molar-refractivity contribution in [2.45, 2.75) is 174 Å². The van der Waals surface area contributed by atoms with E-state index in [0.29, 0.717) is 13.0 Å². The summed E-state index contributed by atoms with van der Waals surface area (Å²) in [7, 11) is 2.22. The Hall–Kier alpha value is -0.500. The predicted octanol–water partition coefficient (Wildman–Crippen LogP) is 9.52. The number of ether oxygens (including phenoxy) is 2. The number of hydrogen-bond donors (Lipinski definition) is 0. The average Bonchev–Trinajstić information content (AvgIpc) is 2.97. The summed E-state index contributed by atoms with van der Waals surface area (Å²) in [5.74, 6) is -0.496. The van der Waals surface area contributed by atoms with Gasteiger partial charge in [-0.2, -0.15) is 0 Å². The number of esters is 1. The number of carbonyl (C=O) groups is 1. The van der Waals surface area contributed by atoms with Gasteiger partial charge in [0.2, 0.25) is 0 Å². The van der Waals surface area contributed by atoms with Gasteiger partial charge in [-0.3, -0.25) is 9.36 Å². The molecule has 0 aromatic rings. The molecule has 270 valence electrons. The zero-order valence-electron chi connectivity index (χ0n) is 30.3. The van der Waals surface area contributed by atoms with Crippen molar-refractivity contribution in [2.75, 3.05) is 54.1 Å². The van der Waals surface area contributed by atoms with Crippen LogP contribution in [0.3, 0.4) is 0 Å². The Bertz CT molecular complexity index is 701. The molecule has 2 atom stereocenters. The van der Waals surface area contributed by atoms with Crippen molar-refractivity contribution in [3.8, 4) is 0 Å². The van der Waals surface area contributed by atoms with E-state index >= 15 is 0 Å². The van der Waals surface area contributed by atoms with Crippen molar-refractivity contribution >= 4 is 13.8 Å². The molecule has 0 fully saturated rings. The monoisotopic (exact) mass is 664 g/mol. The van der Waals surface area contributed by atoms with Gasteiger partial charge in [-0.1, -0.05) is 135 Å². The highest BCUT2D eigenvalue weighted by Crippen LogP contribution is 2.38. The van der Waals surface area contributed by atoms with E-state index in [1.54, 1.807) is 0 Å². The van der Waals surface area contributed by atoms with Crippen LogP contribution in [-0.4, -0.2) is 70.7 Å². The van der Waals surface area contributed by atoms with Gasteiger partial charge in [0.25, 0.3) is 7.82 Å². The van der Waals surface area contributed by atoms with Gasteiger partial charge in [0.1, 0.15) is 6.10 Å². The molecule has 0 N–H and O–H groups in total. The van der Waals surface area contributed by atoms with E-state index in [2.05, 4.69) is 28.1 Å². The first-order chi connectivity index (χ1) is 21.6. The summed E-state index contributed by atoms with van der Waals surface area (Å²) in [6.45, 7) is 5.24. The van der Waals surface area contributed by atoms with Gasteiger partial charge in [0.15, 0.2) is 0 Å². The Morgan fingerprint density at radius 3 is 1.42 bits per heavy atom. The lowest BCUT2D eigenvalue weighted by Gasteiger charge is -2.25. The first-order valence-corrected chi connectivity index (χ1v) is 20.2. The molecule has 0 amide bonds. The van der Waals surface area contributed by atoms with Crippen LogP contribution in [0.4, 0.5) is 0 Å². The van der Waals surface area contributed by atoms with Gasteiger partial charge in [0, 0.05) is 13.5 Å². The molecule has 0 heterocycles. The van der Waals surface area contributed by atoms with Crippen LogP contribution >= 0.6 is 7.82 Å². The smallest absolute Gasteiger partial charge is 0.303 e. The van der Waals surface area contributed by atoms with Gasteiger partial charge < -0.3 is 27.9 Å². The van der Waals surface area contributed by atoms with Crippen LogP contribution < -0.4 is 4.89 Å². The minimum Gasteiger partial charge on any atom is -0.756 e. The van der Waals surface area contributed by atoms with E-state index < -0.39 is 19.9 Å². The van der Waals surface area contributed by atoms with Crippen LogP contribution in [0.2, 0.25) is 0 Å². The van der Waals surface area contributed by atoms with E-state index in [0.717, 1.165) is 30.2 Å². The summed E-state index contributed by atoms with van der Waals surface area (Å²) in [5.41, 5.74) is 0. The Labute approximate surface area is 278 Å². The second-order valence-corrected chi connectivity index (χ2v) is 15.4. The molecule has 0 aromatic carbocycles. The van der Waals surface area contributed by atoms with E-state index in [-0.39, 0.29) is 19.8 Å². The molecule has 0 aliphatic heterocycles. The lowest BCUT2D eigenvalue weighted by atomic mass is 10.0. The molecule has 0 saturated heterocycles. The van der Waals surface area contributed by atoms with Gasteiger partial charge in [-0.15, -0.1) is 0 Å². The van der Waals surface area contributed by atoms with Gasteiger partial charge >= 0.3 is 5.97 Å². The largest absolute Gasteiger partial charge is 0.756 e. The van der Waals surface area contributed by atoms with Crippen LogP contribution in [0, 0.1) is 0 Å². The van der Waals surface area contributed by atoms with E-state index in [1.807, 2.05) is 0 Å². The fraction of sp³-hybridized carbons (Fsp3) is 0.972. The third-order valence-corrected chi connectivity index (χ3v) is 9.13. The molecule has 0 aliphatic rings. The molecule has 0 rings (SSSR count). The predicted molar refractivity (Wildman–Crippen MR) is 185 cm³/mol. The standard InChI is InChI=1S/C36H74NO7P/c1-6-7-8-9-10-11-12-13-14-15-16-17-19-22-25-28-31-41-33-36(44-35(2)38)34-43-45(39,40)42-32-29-26-23-20-18-21-24-27-30-37(3,4)5/h36H,6-34H2,1-5H3/t36-/m1/s1.